The molecule has 0 fully saturated rings. The molecule has 95 heavy (non-hydrogen) atoms. The van der Waals surface area contributed by atoms with Gasteiger partial charge in [-0.3, -0.25) is 0 Å². The Kier molecular flexibility index (Phi) is 66.3. The number of benzene rings is 5. The summed E-state index contributed by atoms with van der Waals surface area (Å²) in [4.78, 5) is 0. The van der Waals surface area contributed by atoms with E-state index in [9.17, 15) is 0 Å². The van der Waals surface area contributed by atoms with Crippen LogP contribution in [0.4, 0.5) is 0 Å². The molecule has 0 bridgehead atoms. The number of aryl methyl sites for hydroxylation is 5. The predicted molar refractivity (Wildman–Crippen MR) is 409 cm³/mol. The third-order valence-corrected chi connectivity index (χ3v) is 18.5. The summed E-state index contributed by atoms with van der Waals surface area (Å²) in [7, 11) is 0. The van der Waals surface area contributed by atoms with Crippen molar-refractivity contribution in [1.82, 2.24) is 0 Å². The van der Waals surface area contributed by atoms with Crippen molar-refractivity contribution in [2.24, 2.45) is 59.2 Å². The van der Waals surface area contributed by atoms with E-state index in [1.54, 1.807) is 27.8 Å². The average Bonchev–Trinajstić information content (AvgIpc) is 1.83. The van der Waals surface area contributed by atoms with E-state index in [-0.39, 0.29) is 105 Å². The van der Waals surface area contributed by atoms with Crippen molar-refractivity contribution in [1.29, 1.82) is 0 Å². The molecular weight excluding hydrogens is 2060 g/mol. The van der Waals surface area contributed by atoms with Gasteiger partial charge < -0.3 is 32.1 Å². The van der Waals surface area contributed by atoms with Crippen molar-refractivity contribution in [3.05, 3.63) is 209 Å². The van der Waals surface area contributed by atoms with E-state index < -0.39 is 0 Å². The fourth-order valence-corrected chi connectivity index (χ4v) is 12.9. The maximum Gasteiger partial charge on any atom is 0 e. The summed E-state index contributed by atoms with van der Waals surface area (Å²) in [6, 6.07) is 44.8. The van der Waals surface area contributed by atoms with Gasteiger partial charge in [0, 0.05) is 105 Å². The second-order valence-corrected chi connectivity index (χ2v) is 30.3. The van der Waals surface area contributed by atoms with Crippen molar-refractivity contribution >= 4 is 0 Å². The van der Waals surface area contributed by atoms with E-state index in [1.807, 2.05) is 0 Å². The van der Waals surface area contributed by atoms with Crippen molar-refractivity contribution in [2.45, 2.75) is 299 Å². The molecule has 0 radical (unpaired) electrons. The van der Waals surface area contributed by atoms with Gasteiger partial charge in [0.1, 0.15) is 0 Å². The van der Waals surface area contributed by atoms with Gasteiger partial charge in [-0.2, -0.15) is 64.2 Å². The molecule has 0 aromatic heterocycles. The molecule has 0 aliphatic heterocycles. The SMILES string of the molecule is CCc1ccccc1C(C[CH-]CC(C)C)C(C)C.CCc1ccccc1C(C[CH-]CC(C)C)C(C)C.CCc1ccccc1C(C[CH-]CC(C)C)C(C)C.CCc1ccccc1C(C[CH-]CC(C)C)C(C)C.CCc1ccccc1C(C[CH-]CC(C)C)C(C)C.[Pt].[Pt].[Pt].[Pt].[Pt]. The van der Waals surface area contributed by atoms with Gasteiger partial charge in [0.05, 0.1) is 0 Å². The zero-order valence-electron chi connectivity index (χ0n) is 65.3. The molecule has 5 heteroatoms. The summed E-state index contributed by atoms with van der Waals surface area (Å²) in [6.07, 6.45) is 30.4. The van der Waals surface area contributed by atoms with Crippen LogP contribution in [0.3, 0.4) is 0 Å². The van der Waals surface area contributed by atoms with Gasteiger partial charge in [0.15, 0.2) is 0 Å². The van der Waals surface area contributed by atoms with Crippen LogP contribution in [0.5, 0.6) is 0 Å². The molecule has 5 unspecified atom stereocenters. The Morgan fingerprint density at radius 2 is 0.326 bits per heavy atom. The third-order valence-electron chi connectivity index (χ3n) is 18.5. The first kappa shape index (κ1) is 103. The molecule has 560 valence electrons. The zero-order chi connectivity index (χ0) is 67.7. The molecular formula is C90H145Pt5-5. The molecule has 0 saturated heterocycles. The molecule has 0 saturated carbocycles. The first-order valence-corrected chi connectivity index (χ1v) is 37.3. The van der Waals surface area contributed by atoms with E-state index in [1.165, 1.54) is 92.0 Å². The Morgan fingerprint density at radius 3 is 0.432 bits per heavy atom. The molecule has 0 heterocycles. The topological polar surface area (TPSA) is 0 Å². The normalized spacial score (nSPS) is 12.6. The summed E-state index contributed by atoms with van der Waals surface area (Å²) in [6.45, 7) is 57.7. The minimum atomic E-state index is 0. The smallest absolute Gasteiger partial charge is 0 e. The number of rotatable bonds is 35. The second-order valence-electron chi connectivity index (χ2n) is 30.3. The van der Waals surface area contributed by atoms with Gasteiger partial charge in [0.25, 0.3) is 0 Å². The van der Waals surface area contributed by atoms with Crippen LogP contribution >= 0.6 is 0 Å². The molecule has 0 N–H and O–H groups in total. The first-order valence-electron chi connectivity index (χ1n) is 37.3. The Morgan fingerprint density at radius 1 is 0.200 bits per heavy atom. The minimum absolute atomic E-state index is 0. The maximum atomic E-state index is 2.49. The second kappa shape index (κ2) is 61.1. The van der Waals surface area contributed by atoms with Gasteiger partial charge in [-0.25, -0.2) is 0 Å². The summed E-state index contributed by atoms with van der Waals surface area (Å²) in [5.74, 6) is 10.8. The fraction of sp³-hybridized carbons (Fsp3) is 0.611. The van der Waals surface area contributed by atoms with Crippen molar-refractivity contribution in [3.8, 4) is 0 Å². The van der Waals surface area contributed by atoms with E-state index in [0.717, 1.165) is 61.7 Å². The largest absolute Gasteiger partial charge is 0.328 e. The van der Waals surface area contributed by atoms with Gasteiger partial charge in [-0.05, 0) is 147 Å². The summed E-state index contributed by atoms with van der Waals surface area (Å²) >= 11 is 0. The molecule has 0 nitrogen and oxygen atoms in total. The van der Waals surface area contributed by atoms with Crippen LogP contribution in [0.15, 0.2) is 121 Å². The number of hydrogen-bond donors (Lipinski definition) is 0. The molecule has 0 amide bonds. The fourth-order valence-electron chi connectivity index (χ4n) is 12.9. The Balaban J connectivity index is -0.000000351. The predicted octanol–water partition coefficient (Wildman–Crippen LogP) is 28.1. The van der Waals surface area contributed by atoms with E-state index in [2.05, 4.69) is 327 Å². The van der Waals surface area contributed by atoms with Crippen molar-refractivity contribution in [3.63, 3.8) is 0 Å². The van der Waals surface area contributed by atoms with Gasteiger partial charge >= 0.3 is 0 Å². The Bertz CT molecular complexity index is 2110. The van der Waals surface area contributed by atoms with E-state index in [4.69, 9.17) is 0 Å². The van der Waals surface area contributed by atoms with Crippen LogP contribution in [0.2, 0.25) is 0 Å². The Labute approximate surface area is 666 Å². The average molecular weight is 2200 g/mol. The molecule has 5 rings (SSSR count). The maximum absolute atomic E-state index is 2.49. The van der Waals surface area contributed by atoms with Crippen molar-refractivity contribution in [2.75, 3.05) is 0 Å². The van der Waals surface area contributed by atoms with Crippen LogP contribution in [-0.2, 0) is 137 Å². The van der Waals surface area contributed by atoms with Gasteiger partial charge in [0.2, 0.25) is 0 Å². The molecule has 0 aliphatic carbocycles. The third kappa shape index (κ3) is 43.3. The van der Waals surface area contributed by atoms with Crippen LogP contribution in [-0.4, -0.2) is 0 Å². The van der Waals surface area contributed by atoms with E-state index >= 15 is 0 Å². The molecule has 5 aromatic rings. The molecule has 0 spiro atoms. The van der Waals surface area contributed by atoms with Crippen LogP contribution < -0.4 is 0 Å². The molecule has 5 aromatic carbocycles. The monoisotopic (exact) mass is 2200 g/mol. The Hall–Kier alpha value is -0.458. The van der Waals surface area contributed by atoms with Crippen molar-refractivity contribution < 1.29 is 105 Å². The number of hydrogen-bond acceptors (Lipinski definition) is 0. The quantitative estimate of drug-likeness (QED) is 0.0355. The summed E-state index contributed by atoms with van der Waals surface area (Å²) in [5, 5.41) is 0. The van der Waals surface area contributed by atoms with Gasteiger partial charge in [-0.15, -0.1) is 0 Å². The molecule has 0 aliphatic rings. The van der Waals surface area contributed by atoms with Crippen LogP contribution in [0.1, 0.15) is 323 Å². The minimum Gasteiger partial charge on any atom is -0.328 e. The van der Waals surface area contributed by atoms with Gasteiger partial charge in [-0.1, -0.05) is 324 Å². The van der Waals surface area contributed by atoms with Crippen LogP contribution in [0, 0.1) is 91.3 Å². The summed E-state index contributed by atoms with van der Waals surface area (Å²) < 4.78 is 0. The van der Waals surface area contributed by atoms with E-state index in [0.29, 0.717) is 59.2 Å². The summed E-state index contributed by atoms with van der Waals surface area (Å²) in [5.41, 5.74) is 15.4. The molecule has 5 atom stereocenters. The standard InChI is InChI=1S/5C18H29.5Pt/c5*1-6-16-11-7-8-12-18(16)17(15(4)5)13-9-10-14(2)3;;;;;/h5*7-9,11-12,14-15,17H,6,10,13H2,1-5H3;;;;;/q5*-1;;;;;. The first-order chi connectivity index (χ1) is 42.8. The zero-order valence-corrected chi connectivity index (χ0v) is 76.6. The van der Waals surface area contributed by atoms with Crippen LogP contribution in [0.25, 0.3) is 0 Å².